The Bertz CT molecular complexity index is 402. The molecule has 0 bridgehead atoms. The molecule has 0 aromatic heterocycles. The molecule has 0 spiro atoms. The van der Waals surface area contributed by atoms with Gasteiger partial charge in [-0.1, -0.05) is 43.5 Å². The molecule has 3 N–H and O–H groups in total. The summed E-state index contributed by atoms with van der Waals surface area (Å²) >= 11 is 0. The third-order valence-electron chi connectivity index (χ3n) is 4.70. The summed E-state index contributed by atoms with van der Waals surface area (Å²) in [6, 6.07) is 8.53. The fourth-order valence-electron chi connectivity index (χ4n) is 3.14. The Morgan fingerprint density at radius 1 is 1.06 bits per heavy atom. The molecule has 2 aliphatic carbocycles. The SMILES string of the molecule is NC1(C(O)c2ccc(C3CCCCC3)cc2)CC1. The summed E-state index contributed by atoms with van der Waals surface area (Å²) in [5.41, 5.74) is 8.13. The van der Waals surface area contributed by atoms with Gasteiger partial charge in [-0.2, -0.15) is 0 Å². The number of aliphatic hydroxyl groups excluding tert-OH is 1. The summed E-state index contributed by atoms with van der Waals surface area (Å²) in [4.78, 5) is 0. The molecule has 2 nitrogen and oxygen atoms in total. The van der Waals surface area contributed by atoms with Gasteiger partial charge in [-0.15, -0.1) is 0 Å². The Labute approximate surface area is 109 Å². The molecule has 0 aliphatic heterocycles. The summed E-state index contributed by atoms with van der Waals surface area (Å²) in [6.07, 6.45) is 8.16. The summed E-state index contributed by atoms with van der Waals surface area (Å²) in [7, 11) is 0. The van der Waals surface area contributed by atoms with Crippen LogP contribution in [0.15, 0.2) is 24.3 Å². The van der Waals surface area contributed by atoms with Crippen molar-refractivity contribution in [3.63, 3.8) is 0 Å². The van der Waals surface area contributed by atoms with E-state index in [-0.39, 0.29) is 5.54 Å². The van der Waals surface area contributed by atoms with Crippen molar-refractivity contribution in [2.45, 2.75) is 62.5 Å². The van der Waals surface area contributed by atoms with Crippen molar-refractivity contribution in [1.82, 2.24) is 0 Å². The van der Waals surface area contributed by atoms with Crippen molar-refractivity contribution in [3.8, 4) is 0 Å². The highest BCUT2D eigenvalue weighted by molar-refractivity contribution is 5.30. The molecule has 2 heteroatoms. The van der Waals surface area contributed by atoms with Crippen LogP contribution >= 0.6 is 0 Å². The van der Waals surface area contributed by atoms with Gasteiger partial charge in [0, 0.05) is 5.54 Å². The molecule has 0 radical (unpaired) electrons. The Hall–Kier alpha value is -0.860. The minimum atomic E-state index is -0.488. The molecule has 2 saturated carbocycles. The van der Waals surface area contributed by atoms with E-state index in [1.165, 1.54) is 37.7 Å². The van der Waals surface area contributed by atoms with Crippen LogP contribution in [0.2, 0.25) is 0 Å². The van der Waals surface area contributed by atoms with Crippen LogP contribution in [0, 0.1) is 0 Å². The Balaban J connectivity index is 1.72. The second-order valence-electron chi connectivity index (χ2n) is 6.14. The fourth-order valence-corrected chi connectivity index (χ4v) is 3.14. The molecule has 0 amide bonds. The zero-order valence-electron chi connectivity index (χ0n) is 10.9. The monoisotopic (exact) mass is 245 g/mol. The molecule has 18 heavy (non-hydrogen) atoms. The lowest BCUT2D eigenvalue weighted by Gasteiger charge is -2.23. The first kappa shape index (κ1) is 12.2. The lowest BCUT2D eigenvalue weighted by atomic mass is 9.83. The molecule has 1 atom stereocenters. The molecule has 0 saturated heterocycles. The van der Waals surface area contributed by atoms with Gasteiger partial charge in [0.1, 0.15) is 0 Å². The number of hydrogen-bond acceptors (Lipinski definition) is 2. The van der Waals surface area contributed by atoms with Crippen molar-refractivity contribution in [2.75, 3.05) is 0 Å². The molecule has 3 rings (SSSR count). The maximum absolute atomic E-state index is 10.2. The Morgan fingerprint density at radius 3 is 2.22 bits per heavy atom. The van der Waals surface area contributed by atoms with Crippen LogP contribution in [0.25, 0.3) is 0 Å². The van der Waals surface area contributed by atoms with Crippen LogP contribution in [0.4, 0.5) is 0 Å². The van der Waals surface area contributed by atoms with Crippen molar-refractivity contribution in [3.05, 3.63) is 35.4 Å². The van der Waals surface area contributed by atoms with Crippen LogP contribution in [-0.2, 0) is 0 Å². The zero-order chi connectivity index (χ0) is 12.6. The molecule has 2 fully saturated rings. The van der Waals surface area contributed by atoms with Crippen molar-refractivity contribution >= 4 is 0 Å². The second kappa shape index (κ2) is 4.67. The van der Waals surface area contributed by atoms with E-state index < -0.39 is 6.10 Å². The van der Waals surface area contributed by atoms with E-state index in [9.17, 15) is 5.11 Å². The smallest absolute Gasteiger partial charge is 0.0969 e. The van der Waals surface area contributed by atoms with E-state index in [1.807, 2.05) is 0 Å². The number of benzene rings is 1. The molecule has 2 aliphatic rings. The molecule has 1 aromatic carbocycles. The first-order valence-corrected chi connectivity index (χ1v) is 7.26. The zero-order valence-corrected chi connectivity index (χ0v) is 10.9. The molecule has 0 heterocycles. The summed E-state index contributed by atoms with van der Waals surface area (Å²) in [6.45, 7) is 0. The van der Waals surface area contributed by atoms with Gasteiger partial charge >= 0.3 is 0 Å². The highest BCUT2D eigenvalue weighted by Crippen LogP contribution is 2.43. The standard InChI is InChI=1S/C16H23NO/c17-16(10-11-16)15(18)14-8-6-13(7-9-14)12-4-2-1-3-5-12/h6-9,12,15,18H,1-5,10-11,17H2. The Kier molecular flexibility index (Phi) is 3.16. The minimum Gasteiger partial charge on any atom is -0.386 e. The molecular formula is C16H23NO. The van der Waals surface area contributed by atoms with Gasteiger partial charge in [0.2, 0.25) is 0 Å². The lowest BCUT2D eigenvalue weighted by molar-refractivity contribution is 0.136. The summed E-state index contributed by atoms with van der Waals surface area (Å²) < 4.78 is 0. The van der Waals surface area contributed by atoms with E-state index in [1.54, 1.807) is 0 Å². The molecule has 98 valence electrons. The highest BCUT2D eigenvalue weighted by Gasteiger charge is 2.45. The van der Waals surface area contributed by atoms with Crippen LogP contribution in [0.1, 0.15) is 68.1 Å². The lowest BCUT2D eigenvalue weighted by Crippen LogP contribution is -2.30. The Morgan fingerprint density at radius 2 is 1.67 bits per heavy atom. The van der Waals surface area contributed by atoms with E-state index in [4.69, 9.17) is 5.73 Å². The number of hydrogen-bond donors (Lipinski definition) is 2. The first-order chi connectivity index (χ1) is 8.69. The molecule has 1 unspecified atom stereocenters. The van der Waals surface area contributed by atoms with Gasteiger partial charge in [0.15, 0.2) is 0 Å². The van der Waals surface area contributed by atoms with E-state index >= 15 is 0 Å². The van der Waals surface area contributed by atoms with Gasteiger partial charge in [-0.05, 0) is 42.7 Å². The molecular weight excluding hydrogens is 222 g/mol. The average Bonchev–Trinajstić information content (AvgIpc) is 3.18. The normalized spacial score (nSPS) is 24.8. The third-order valence-corrected chi connectivity index (χ3v) is 4.70. The second-order valence-corrected chi connectivity index (χ2v) is 6.14. The average molecular weight is 245 g/mol. The van der Waals surface area contributed by atoms with Crippen molar-refractivity contribution in [2.24, 2.45) is 5.73 Å². The first-order valence-electron chi connectivity index (χ1n) is 7.26. The quantitative estimate of drug-likeness (QED) is 0.858. The van der Waals surface area contributed by atoms with Gasteiger partial charge in [0.25, 0.3) is 0 Å². The largest absolute Gasteiger partial charge is 0.386 e. The van der Waals surface area contributed by atoms with Crippen LogP contribution in [0.3, 0.4) is 0 Å². The predicted molar refractivity (Wildman–Crippen MR) is 73.4 cm³/mol. The minimum absolute atomic E-state index is 0.341. The topological polar surface area (TPSA) is 46.2 Å². The van der Waals surface area contributed by atoms with Gasteiger partial charge in [-0.25, -0.2) is 0 Å². The summed E-state index contributed by atoms with van der Waals surface area (Å²) in [5.74, 6) is 0.734. The van der Waals surface area contributed by atoms with Crippen LogP contribution in [0.5, 0.6) is 0 Å². The van der Waals surface area contributed by atoms with E-state index in [2.05, 4.69) is 24.3 Å². The molecule has 1 aromatic rings. The van der Waals surface area contributed by atoms with Gasteiger partial charge < -0.3 is 10.8 Å². The maximum atomic E-state index is 10.2. The predicted octanol–water partition coefficient (Wildman–Crippen LogP) is 3.26. The van der Waals surface area contributed by atoms with E-state index in [0.29, 0.717) is 0 Å². The van der Waals surface area contributed by atoms with Crippen molar-refractivity contribution < 1.29 is 5.11 Å². The van der Waals surface area contributed by atoms with Gasteiger partial charge in [0.05, 0.1) is 6.10 Å². The fraction of sp³-hybridized carbons (Fsp3) is 0.625. The number of aliphatic hydroxyl groups is 1. The van der Waals surface area contributed by atoms with Crippen LogP contribution in [-0.4, -0.2) is 10.6 Å². The third kappa shape index (κ3) is 2.32. The highest BCUT2D eigenvalue weighted by atomic mass is 16.3. The number of nitrogens with two attached hydrogens (primary N) is 1. The van der Waals surface area contributed by atoms with Crippen molar-refractivity contribution in [1.29, 1.82) is 0 Å². The van der Waals surface area contributed by atoms with Crippen LogP contribution < -0.4 is 5.73 Å². The maximum Gasteiger partial charge on any atom is 0.0969 e. The van der Waals surface area contributed by atoms with E-state index in [0.717, 1.165) is 24.3 Å². The number of rotatable bonds is 3. The summed E-state index contributed by atoms with van der Waals surface area (Å²) in [5, 5.41) is 10.2. The van der Waals surface area contributed by atoms with Gasteiger partial charge in [-0.3, -0.25) is 0 Å².